The number of fused-ring (bicyclic) bond motifs is 3. The molecule has 2 N–H and O–H groups in total. The van der Waals surface area contributed by atoms with Crippen LogP contribution in [0.2, 0.25) is 10.0 Å². The summed E-state index contributed by atoms with van der Waals surface area (Å²) in [5.74, 6) is -1.21. The van der Waals surface area contributed by atoms with Crippen LogP contribution in [0.5, 0.6) is 0 Å². The number of H-pyrrole nitrogens is 1. The highest BCUT2D eigenvalue weighted by molar-refractivity contribution is 7.17. The highest BCUT2D eigenvalue weighted by Crippen LogP contribution is 2.36. The van der Waals surface area contributed by atoms with Crippen molar-refractivity contribution in [3.63, 3.8) is 0 Å². The van der Waals surface area contributed by atoms with Crippen molar-refractivity contribution >= 4 is 51.4 Å². The van der Waals surface area contributed by atoms with E-state index in [1.807, 2.05) is 4.90 Å². The maximum absolute atomic E-state index is 13.0. The van der Waals surface area contributed by atoms with E-state index in [9.17, 15) is 14.7 Å². The molecular weight excluding hydrogens is 613 g/mol. The number of ketones is 1. The molecule has 0 aliphatic carbocycles. The van der Waals surface area contributed by atoms with Gasteiger partial charge in [0.15, 0.2) is 10.9 Å². The van der Waals surface area contributed by atoms with Gasteiger partial charge < -0.3 is 19.7 Å². The molecule has 0 spiro atoms. The number of ether oxygens (including phenoxy) is 1. The minimum atomic E-state index is -1.05. The number of hydrogen-bond donors (Lipinski definition) is 2. The number of carboxylic acids is 1. The maximum Gasteiger partial charge on any atom is 0.348 e. The quantitative estimate of drug-likeness (QED) is 0.308. The number of hydrogen-bond acceptors (Lipinski definition) is 10. The molecule has 0 saturated carbocycles. The van der Waals surface area contributed by atoms with Gasteiger partial charge in [-0.3, -0.25) is 24.6 Å². The number of anilines is 1. The van der Waals surface area contributed by atoms with Crippen molar-refractivity contribution < 1.29 is 19.4 Å². The molecule has 1 unspecified atom stereocenters. The number of nitrogens with zero attached hydrogens (tertiary/aromatic N) is 6. The molecule has 3 aromatic rings. The zero-order chi connectivity index (χ0) is 30.2. The first-order valence-electron chi connectivity index (χ1n) is 14.6. The van der Waals surface area contributed by atoms with E-state index in [1.165, 1.54) is 0 Å². The van der Waals surface area contributed by atoms with Crippen LogP contribution < -0.4 is 4.90 Å². The van der Waals surface area contributed by atoms with Crippen molar-refractivity contribution in [2.24, 2.45) is 5.92 Å². The van der Waals surface area contributed by atoms with Gasteiger partial charge in [-0.1, -0.05) is 34.5 Å². The fourth-order valence-corrected chi connectivity index (χ4v) is 7.81. The number of carbonyl (C=O) groups excluding carboxylic acids is 1. The van der Waals surface area contributed by atoms with Crippen molar-refractivity contribution in [1.82, 2.24) is 29.7 Å². The van der Waals surface area contributed by atoms with Crippen LogP contribution in [0.3, 0.4) is 0 Å². The van der Waals surface area contributed by atoms with Crippen LogP contribution in [-0.4, -0.2) is 112 Å². The molecule has 14 heteroatoms. The number of rotatable bonds is 10. The smallest absolute Gasteiger partial charge is 0.348 e. The number of nitrogens with one attached hydrogen (secondary N) is 1. The number of aromatic amines is 1. The molecule has 4 aliphatic rings. The maximum atomic E-state index is 13.0. The fraction of sp³-hybridized carbons (Fsp3) is 0.552. The summed E-state index contributed by atoms with van der Waals surface area (Å²) in [6, 6.07) is 0.552. The number of piperidine rings is 1. The Morgan fingerprint density at radius 1 is 1.12 bits per heavy atom. The second-order valence-corrected chi connectivity index (χ2v) is 13.3. The largest absolute Gasteiger partial charge is 0.477 e. The average Bonchev–Trinajstić information content (AvgIpc) is 3.59. The molecular formula is C29H35Cl2N7O4S. The zero-order valence-corrected chi connectivity index (χ0v) is 26.5. The SMILES string of the molecule is CO[C@H]1CN(c2nc(-c3cnc(CCC4CN5CCN4CC5)cn3)c(C(=O)O)s2)CC[C@H]1CC(=O)c1[nH]c(C)c(Cl)c1Cl. The van der Waals surface area contributed by atoms with Gasteiger partial charge in [-0.05, 0) is 32.1 Å². The van der Waals surface area contributed by atoms with E-state index in [2.05, 4.69) is 24.8 Å². The first-order valence-corrected chi connectivity index (χ1v) is 16.1. The van der Waals surface area contributed by atoms with E-state index in [1.54, 1.807) is 26.4 Å². The van der Waals surface area contributed by atoms with Gasteiger partial charge in [-0.2, -0.15) is 0 Å². The lowest BCUT2D eigenvalue weighted by Gasteiger charge is -2.47. The molecule has 0 radical (unpaired) electrons. The van der Waals surface area contributed by atoms with Gasteiger partial charge in [0, 0.05) is 77.3 Å². The van der Waals surface area contributed by atoms with Gasteiger partial charge in [0.05, 0.1) is 28.0 Å². The Balaban J connectivity index is 1.12. The number of aromatic nitrogens is 4. The number of thiazole rings is 1. The molecule has 4 saturated heterocycles. The lowest BCUT2D eigenvalue weighted by molar-refractivity contribution is 0.00993. The molecule has 43 heavy (non-hydrogen) atoms. The Morgan fingerprint density at radius 2 is 1.91 bits per heavy atom. The van der Waals surface area contributed by atoms with Crippen molar-refractivity contribution in [2.75, 3.05) is 57.8 Å². The molecule has 0 amide bonds. The number of halogens is 2. The van der Waals surface area contributed by atoms with Crippen LogP contribution in [0.25, 0.3) is 11.4 Å². The monoisotopic (exact) mass is 647 g/mol. The van der Waals surface area contributed by atoms with Crippen molar-refractivity contribution in [1.29, 1.82) is 0 Å². The van der Waals surface area contributed by atoms with E-state index in [0.717, 1.165) is 62.6 Å². The molecule has 4 aliphatic heterocycles. The Kier molecular flexibility index (Phi) is 9.04. The normalized spacial score (nSPS) is 25.3. The summed E-state index contributed by atoms with van der Waals surface area (Å²) in [5.41, 5.74) is 2.63. The third-order valence-corrected chi connectivity index (χ3v) is 11.0. The average molecular weight is 649 g/mol. The standard InChI is InChI=1S/C29H35Cl2N7O4S/c1-16-23(30)24(31)26(34-16)21(39)11-17-5-6-38(15-22(17)42-2)29-35-25(27(43-29)28(40)41)20-13-32-18(12-33-20)3-4-19-14-36-7-9-37(19)10-8-36/h12-13,17,19,22,34H,3-11,14-15H2,1-2H3,(H,40,41)/t17-,19?,22-/m0/s1. The Morgan fingerprint density at radius 3 is 2.51 bits per heavy atom. The van der Waals surface area contributed by atoms with Gasteiger partial charge in [-0.25, -0.2) is 9.78 Å². The molecule has 4 fully saturated rings. The Hall–Kier alpha value is -2.61. The van der Waals surface area contributed by atoms with E-state index >= 15 is 0 Å². The van der Waals surface area contributed by atoms with Gasteiger partial charge in [0.2, 0.25) is 0 Å². The van der Waals surface area contributed by atoms with Crippen LogP contribution in [0, 0.1) is 12.8 Å². The molecule has 0 aromatic carbocycles. The predicted molar refractivity (Wildman–Crippen MR) is 166 cm³/mol. The van der Waals surface area contributed by atoms with Crippen LogP contribution in [0.4, 0.5) is 5.13 Å². The van der Waals surface area contributed by atoms with Gasteiger partial charge in [0.1, 0.15) is 22.0 Å². The summed E-state index contributed by atoms with van der Waals surface area (Å²) in [5, 5.41) is 11.2. The lowest BCUT2D eigenvalue weighted by atomic mass is 9.88. The van der Waals surface area contributed by atoms with Crippen molar-refractivity contribution in [2.45, 2.75) is 44.8 Å². The number of methoxy groups -OCH3 is 1. The number of Topliss-reactive ketones (excluding diaryl/α,β-unsaturated/α-hetero) is 1. The van der Waals surface area contributed by atoms with Crippen molar-refractivity contribution in [3.05, 3.63) is 44.4 Å². The molecule has 230 valence electrons. The summed E-state index contributed by atoms with van der Waals surface area (Å²) in [6.07, 6.45) is 5.89. The number of aromatic carboxylic acids is 1. The summed E-state index contributed by atoms with van der Waals surface area (Å²) in [6.45, 7) is 8.55. The third kappa shape index (κ3) is 6.31. The highest BCUT2D eigenvalue weighted by atomic mass is 35.5. The Bertz CT molecular complexity index is 1490. The topological polar surface area (TPSA) is 128 Å². The zero-order valence-electron chi connectivity index (χ0n) is 24.2. The summed E-state index contributed by atoms with van der Waals surface area (Å²) in [4.78, 5) is 49.4. The summed E-state index contributed by atoms with van der Waals surface area (Å²) in [7, 11) is 1.62. The molecule has 7 heterocycles. The summed E-state index contributed by atoms with van der Waals surface area (Å²) >= 11 is 13.6. The molecule has 7 rings (SSSR count). The van der Waals surface area contributed by atoms with E-state index < -0.39 is 5.97 Å². The summed E-state index contributed by atoms with van der Waals surface area (Å²) < 4.78 is 5.79. The highest BCUT2D eigenvalue weighted by Gasteiger charge is 2.35. The number of carbonyl (C=O) groups is 2. The van der Waals surface area contributed by atoms with Crippen LogP contribution in [-0.2, 0) is 11.2 Å². The van der Waals surface area contributed by atoms with Crippen LogP contribution in [0.1, 0.15) is 50.8 Å². The lowest BCUT2D eigenvalue weighted by Crippen LogP contribution is -2.60. The molecule has 11 nitrogen and oxygen atoms in total. The minimum Gasteiger partial charge on any atom is -0.477 e. The second-order valence-electron chi connectivity index (χ2n) is 11.6. The second kappa shape index (κ2) is 12.8. The third-order valence-electron chi connectivity index (χ3n) is 8.93. The first kappa shape index (κ1) is 30.4. The van der Waals surface area contributed by atoms with E-state index in [0.29, 0.717) is 58.5 Å². The fourth-order valence-electron chi connectivity index (χ4n) is 6.43. The number of piperazine rings is 3. The Labute approximate surface area is 264 Å². The van der Waals surface area contributed by atoms with Gasteiger partial charge in [0.25, 0.3) is 0 Å². The van der Waals surface area contributed by atoms with Crippen LogP contribution >= 0.6 is 34.5 Å². The minimum absolute atomic E-state index is 0.0400. The van der Waals surface area contributed by atoms with Crippen LogP contribution in [0.15, 0.2) is 12.4 Å². The van der Waals surface area contributed by atoms with Gasteiger partial charge in [-0.15, -0.1) is 0 Å². The first-order chi connectivity index (χ1) is 20.7. The number of aryl methyl sites for hydroxylation is 2. The molecule has 2 bridgehead atoms. The van der Waals surface area contributed by atoms with Gasteiger partial charge >= 0.3 is 5.97 Å². The van der Waals surface area contributed by atoms with E-state index in [-0.39, 0.29) is 34.1 Å². The van der Waals surface area contributed by atoms with Crippen molar-refractivity contribution in [3.8, 4) is 11.4 Å². The molecule has 3 atom stereocenters. The van der Waals surface area contributed by atoms with E-state index in [4.69, 9.17) is 32.9 Å². The molecule has 3 aromatic heterocycles. The predicted octanol–water partition coefficient (Wildman–Crippen LogP) is 4.29. The number of carboxylic acid groups (broad SMARTS) is 1.